The van der Waals surface area contributed by atoms with Crippen LogP contribution in [0.5, 0.6) is 0 Å². The number of rotatable bonds is 5. The predicted octanol–water partition coefficient (Wildman–Crippen LogP) is 1.64. The van der Waals surface area contributed by atoms with Crippen molar-refractivity contribution in [2.45, 2.75) is 25.7 Å². The van der Waals surface area contributed by atoms with Crippen LogP contribution < -0.4 is 0 Å². The first-order chi connectivity index (χ1) is 8.66. The fourth-order valence-corrected chi connectivity index (χ4v) is 2.96. The maximum atomic E-state index is 12.3. The van der Waals surface area contributed by atoms with E-state index in [1.54, 1.807) is 18.2 Å². The van der Waals surface area contributed by atoms with Gasteiger partial charge in [-0.15, -0.1) is 0 Å². The molecule has 1 aromatic carbocycles. The Morgan fingerprint density at radius 1 is 1.32 bits per heavy atom. The van der Waals surface area contributed by atoms with Crippen molar-refractivity contribution in [3.63, 3.8) is 0 Å². The Bertz CT molecular complexity index is 580. The molecular weight excluding hydrogens is 266 g/mol. The summed E-state index contributed by atoms with van der Waals surface area (Å²) in [5, 5.41) is 8.83. The highest BCUT2D eigenvalue weighted by Gasteiger charge is 2.24. The zero-order valence-electron chi connectivity index (χ0n) is 11.5. The first-order valence-corrected chi connectivity index (χ1v) is 7.36. The Morgan fingerprint density at radius 2 is 1.89 bits per heavy atom. The van der Waals surface area contributed by atoms with E-state index >= 15 is 0 Å². The topological polar surface area (TPSA) is 74.7 Å². The summed E-state index contributed by atoms with van der Waals surface area (Å²) < 4.78 is 25.7. The van der Waals surface area contributed by atoms with Crippen molar-refractivity contribution in [1.82, 2.24) is 4.31 Å². The number of hydrogen-bond acceptors (Lipinski definition) is 3. The van der Waals surface area contributed by atoms with Gasteiger partial charge in [-0.3, -0.25) is 4.79 Å². The number of carboxylic acids is 1. The van der Waals surface area contributed by atoms with Gasteiger partial charge in [-0.2, -0.15) is 0 Å². The molecule has 1 unspecified atom stereocenters. The van der Waals surface area contributed by atoms with Crippen molar-refractivity contribution in [1.29, 1.82) is 0 Å². The smallest absolute Gasteiger partial charge is 0.307 e. The molecular formula is C13H19NO4S. The van der Waals surface area contributed by atoms with Gasteiger partial charge in [0.15, 0.2) is 0 Å². The third kappa shape index (κ3) is 3.54. The van der Waals surface area contributed by atoms with Crippen LogP contribution in [0.1, 0.15) is 18.1 Å². The maximum absolute atomic E-state index is 12.3. The van der Waals surface area contributed by atoms with Gasteiger partial charge in [0.05, 0.1) is 10.8 Å². The highest BCUT2D eigenvalue weighted by atomic mass is 32.2. The maximum Gasteiger partial charge on any atom is 0.307 e. The second kappa shape index (κ2) is 5.71. The molecule has 0 fully saturated rings. The van der Waals surface area contributed by atoms with Gasteiger partial charge in [-0.1, -0.05) is 13.0 Å². The monoisotopic (exact) mass is 285 g/mol. The summed E-state index contributed by atoms with van der Waals surface area (Å²) in [6.45, 7) is 5.18. The molecule has 0 bridgehead atoms. The molecule has 0 aliphatic carbocycles. The number of sulfonamides is 1. The lowest BCUT2D eigenvalue weighted by molar-refractivity contribution is -0.141. The minimum atomic E-state index is -3.64. The molecule has 1 N–H and O–H groups in total. The van der Waals surface area contributed by atoms with Gasteiger partial charge >= 0.3 is 5.97 Å². The number of benzene rings is 1. The molecule has 0 aliphatic heterocycles. The summed E-state index contributed by atoms with van der Waals surface area (Å²) >= 11 is 0. The normalized spacial score (nSPS) is 13.5. The van der Waals surface area contributed by atoms with E-state index in [9.17, 15) is 13.2 Å². The van der Waals surface area contributed by atoms with Crippen molar-refractivity contribution < 1.29 is 18.3 Å². The molecule has 0 spiro atoms. The first-order valence-electron chi connectivity index (χ1n) is 5.92. The SMILES string of the molecule is Cc1ccc(S(=O)(=O)N(C)CC(C)C(=O)O)cc1C. The van der Waals surface area contributed by atoms with E-state index < -0.39 is 21.9 Å². The van der Waals surface area contributed by atoms with Gasteiger partial charge in [-0.05, 0) is 37.1 Å². The Balaban J connectivity index is 3.03. The number of carboxylic acid groups (broad SMARTS) is 1. The number of carbonyl (C=O) groups is 1. The van der Waals surface area contributed by atoms with E-state index in [0.717, 1.165) is 15.4 Å². The molecule has 6 heteroatoms. The lowest BCUT2D eigenvalue weighted by Crippen LogP contribution is -2.33. The Kier molecular flexibility index (Phi) is 4.70. The molecule has 19 heavy (non-hydrogen) atoms. The summed E-state index contributed by atoms with van der Waals surface area (Å²) in [5.74, 6) is -1.76. The van der Waals surface area contributed by atoms with Crippen LogP contribution in [-0.4, -0.2) is 37.4 Å². The highest BCUT2D eigenvalue weighted by Crippen LogP contribution is 2.19. The van der Waals surface area contributed by atoms with Gasteiger partial charge in [0.1, 0.15) is 0 Å². The molecule has 0 radical (unpaired) electrons. The third-order valence-electron chi connectivity index (χ3n) is 3.14. The predicted molar refractivity (Wildman–Crippen MR) is 72.5 cm³/mol. The second-order valence-electron chi connectivity index (χ2n) is 4.77. The van der Waals surface area contributed by atoms with E-state index in [4.69, 9.17) is 5.11 Å². The van der Waals surface area contributed by atoms with Crippen molar-refractivity contribution >= 4 is 16.0 Å². The van der Waals surface area contributed by atoms with Crippen LogP contribution >= 0.6 is 0 Å². The van der Waals surface area contributed by atoms with Gasteiger partial charge in [0.2, 0.25) is 10.0 Å². The number of hydrogen-bond donors (Lipinski definition) is 1. The number of nitrogens with zero attached hydrogens (tertiary/aromatic N) is 1. The number of aliphatic carboxylic acids is 1. The van der Waals surface area contributed by atoms with Crippen LogP contribution in [0.2, 0.25) is 0 Å². The second-order valence-corrected chi connectivity index (χ2v) is 6.82. The van der Waals surface area contributed by atoms with Gasteiger partial charge in [0.25, 0.3) is 0 Å². The zero-order valence-corrected chi connectivity index (χ0v) is 12.4. The Morgan fingerprint density at radius 3 is 2.37 bits per heavy atom. The van der Waals surface area contributed by atoms with Crippen LogP contribution in [0, 0.1) is 19.8 Å². The lowest BCUT2D eigenvalue weighted by atomic mass is 10.1. The average Bonchev–Trinajstić information content (AvgIpc) is 2.32. The van der Waals surface area contributed by atoms with Crippen LogP contribution in [0.15, 0.2) is 23.1 Å². The van der Waals surface area contributed by atoms with E-state index in [2.05, 4.69) is 0 Å². The molecule has 0 aromatic heterocycles. The molecule has 0 amide bonds. The summed E-state index contributed by atoms with van der Waals surface area (Å²) in [6.07, 6.45) is 0. The molecule has 106 valence electrons. The van der Waals surface area contributed by atoms with E-state index in [-0.39, 0.29) is 11.4 Å². The highest BCUT2D eigenvalue weighted by molar-refractivity contribution is 7.89. The molecule has 1 rings (SSSR count). The van der Waals surface area contributed by atoms with Gasteiger partial charge < -0.3 is 5.11 Å². The molecule has 0 saturated heterocycles. The summed E-state index contributed by atoms with van der Waals surface area (Å²) in [4.78, 5) is 11.0. The van der Waals surface area contributed by atoms with Crippen molar-refractivity contribution in [3.05, 3.63) is 29.3 Å². The summed E-state index contributed by atoms with van der Waals surface area (Å²) in [6, 6.07) is 4.89. The molecule has 0 heterocycles. The standard InChI is InChI=1S/C13H19NO4S/c1-9-5-6-12(7-10(9)2)19(17,18)14(4)8-11(3)13(15)16/h5-7,11H,8H2,1-4H3,(H,15,16). The van der Waals surface area contributed by atoms with Crippen LogP contribution in [0.25, 0.3) is 0 Å². The van der Waals surface area contributed by atoms with E-state index in [1.165, 1.54) is 14.0 Å². The molecule has 0 saturated carbocycles. The van der Waals surface area contributed by atoms with E-state index in [0.29, 0.717) is 0 Å². The summed E-state index contributed by atoms with van der Waals surface area (Å²) in [7, 11) is -2.24. The molecule has 1 atom stereocenters. The average molecular weight is 285 g/mol. The largest absolute Gasteiger partial charge is 0.481 e. The fourth-order valence-electron chi connectivity index (χ4n) is 1.62. The third-order valence-corrected chi connectivity index (χ3v) is 4.96. The van der Waals surface area contributed by atoms with Crippen molar-refractivity contribution in [2.75, 3.05) is 13.6 Å². The molecule has 1 aromatic rings. The van der Waals surface area contributed by atoms with Crippen LogP contribution in [0.3, 0.4) is 0 Å². The fraction of sp³-hybridized carbons (Fsp3) is 0.462. The zero-order chi connectivity index (χ0) is 14.8. The quantitative estimate of drug-likeness (QED) is 0.892. The van der Waals surface area contributed by atoms with Gasteiger partial charge in [-0.25, -0.2) is 12.7 Å². The Labute approximate surface area is 113 Å². The van der Waals surface area contributed by atoms with Crippen LogP contribution in [-0.2, 0) is 14.8 Å². The lowest BCUT2D eigenvalue weighted by Gasteiger charge is -2.19. The molecule has 5 nitrogen and oxygen atoms in total. The van der Waals surface area contributed by atoms with Crippen molar-refractivity contribution in [3.8, 4) is 0 Å². The van der Waals surface area contributed by atoms with Crippen LogP contribution in [0.4, 0.5) is 0 Å². The van der Waals surface area contributed by atoms with Crippen molar-refractivity contribution in [2.24, 2.45) is 5.92 Å². The minimum absolute atomic E-state index is 0.0510. The molecule has 0 aliphatic rings. The first kappa shape index (κ1) is 15.7. The number of aryl methyl sites for hydroxylation is 2. The summed E-state index contributed by atoms with van der Waals surface area (Å²) in [5.41, 5.74) is 1.90. The Hall–Kier alpha value is -1.40. The minimum Gasteiger partial charge on any atom is -0.481 e. The van der Waals surface area contributed by atoms with E-state index in [1.807, 2.05) is 13.8 Å². The van der Waals surface area contributed by atoms with Gasteiger partial charge in [0, 0.05) is 13.6 Å².